The fraction of sp³-hybridized carbons (Fsp3) is 0.667. The van der Waals surface area contributed by atoms with Crippen molar-refractivity contribution in [2.24, 2.45) is 0 Å². The van der Waals surface area contributed by atoms with Gasteiger partial charge in [-0.1, -0.05) is 226 Å². The van der Waals surface area contributed by atoms with E-state index in [1.165, 1.54) is 44.9 Å². The number of carbonyl (C=O) groups excluding carboxylic acids is 2. The Labute approximate surface area is 467 Å². The topological polar surface area (TPSA) is 111 Å². The van der Waals surface area contributed by atoms with Crippen molar-refractivity contribution < 1.29 is 37.3 Å². The minimum absolute atomic E-state index is 0.0265. The van der Waals surface area contributed by atoms with Crippen molar-refractivity contribution in [3.63, 3.8) is 0 Å². The summed E-state index contributed by atoms with van der Waals surface area (Å²) in [4.78, 5) is 37.6. The maximum atomic E-state index is 13.5. The minimum atomic E-state index is -4.46. The highest BCUT2D eigenvalue weighted by Crippen LogP contribution is 2.43. The van der Waals surface area contributed by atoms with Gasteiger partial charge >= 0.3 is 13.8 Å². The summed E-state index contributed by atoms with van der Waals surface area (Å²) in [6, 6.07) is -0.873. The van der Waals surface area contributed by atoms with Crippen LogP contribution in [-0.4, -0.2) is 74.3 Å². The van der Waals surface area contributed by atoms with Crippen molar-refractivity contribution in [3.05, 3.63) is 122 Å². The van der Waals surface area contributed by atoms with Crippen molar-refractivity contribution in [2.75, 3.05) is 40.9 Å². The van der Waals surface area contributed by atoms with Crippen molar-refractivity contribution >= 4 is 19.7 Å². The van der Waals surface area contributed by atoms with Crippen LogP contribution < -0.4 is 5.32 Å². The number of nitrogens with zero attached hydrogens (tertiary/aromatic N) is 1. The highest BCUT2D eigenvalue weighted by atomic mass is 31.2. The Hall–Kier alpha value is -3.59. The molecule has 0 fully saturated rings. The molecule has 0 aromatic heterocycles. The van der Waals surface area contributed by atoms with Crippen LogP contribution in [0, 0.1) is 0 Å². The number of hydrogen-bond acceptors (Lipinski definition) is 6. The average Bonchev–Trinajstić information content (AvgIpc) is 3.38. The van der Waals surface area contributed by atoms with E-state index in [1.807, 2.05) is 33.3 Å². The highest BCUT2D eigenvalue weighted by Gasteiger charge is 2.30. The Morgan fingerprint density at radius 1 is 0.474 bits per heavy atom. The Morgan fingerprint density at radius 3 is 1.26 bits per heavy atom. The molecule has 0 heterocycles. The maximum absolute atomic E-state index is 13.5. The smallest absolute Gasteiger partial charge is 0.456 e. The van der Waals surface area contributed by atoms with Gasteiger partial charge in [0, 0.05) is 12.8 Å². The van der Waals surface area contributed by atoms with E-state index in [-0.39, 0.29) is 31.5 Å². The molecule has 1 amide bonds. The number of quaternary nitrogens is 1. The summed E-state index contributed by atoms with van der Waals surface area (Å²) >= 11 is 0. The largest absolute Gasteiger partial charge is 0.472 e. The Kier molecular flexibility index (Phi) is 52.2. The summed E-state index contributed by atoms with van der Waals surface area (Å²) < 4.78 is 30.6. The molecule has 0 aliphatic heterocycles. The Bertz CT molecular complexity index is 1720. The summed E-state index contributed by atoms with van der Waals surface area (Å²) in [6.45, 7) is 6.73. The lowest BCUT2D eigenvalue weighted by Gasteiger charge is -2.27. The molecule has 0 aliphatic carbocycles. The predicted molar refractivity (Wildman–Crippen MR) is 327 cm³/mol. The lowest BCUT2D eigenvalue weighted by molar-refractivity contribution is -0.870. The molecule has 0 saturated heterocycles. The molecule has 76 heavy (non-hydrogen) atoms. The number of phosphoric ester groups is 1. The van der Waals surface area contributed by atoms with Crippen molar-refractivity contribution in [3.8, 4) is 0 Å². The zero-order valence-electron chi connectivity index (χ0n) is 49.4. The summed E-state index contributed by atoms with van der Waals surface area (Å²) in [5, 5.41) is 3.03. The number of likely N-dealkylation sites (N-methyl/N-ethyl adjacent to an activating group) is 1. The average molecular weight is 1080 g/mol. The van der Waals surface area contributed by atoms with Crippen molar-refractivity contribution in [1.29, 1.82) is 0 Å². The molecule has 2 N–H and O–H groups in total. The maximum Gasteiger partial charge on any atom is 0.472 e. The van der Waals surface area contributed by atoms with Gasteiger partial charge in [0.2, 0.25) is 5.91 Å². The molecule has 0 saturated carbocycles. The summed E-state index contributed by atoms with van der Waals surface area (Å²) in [7, 11) is 1.45. The molecule has 0 aromatic rings. The van der Waals surface area contributed by atoms with Crippen LogP contribution in [0.3, 0.4) is 0 Å². The van der Waals surface area contributed by atoms with Crippen LogP contribution >= 0.6 is 7.82 Å². The summed E-state index contributed by atoms with van der Waals surface area (Å²) in [6.07, 6.45) is 76.3. The molecule has 10 heteroatoms. The molecule has 3 atom stereocenters. The van der Waals surface area contributed by atoms with Crippen LogP contribution in [0.2, 0.25) is 0 Å². The van der Waals surface area contributed by atoms with Crippen molar-refractivity contribution in [2.45, 2.75) is 245 Å². The Balaban J connectivity index is 5.23. The second-order valence-electron chi connectivity index (χ2n) is 21.1. The monoisotopic (exact) mass is 1080 g/mol. The third-order valence-electron chi connectivity index (χ3n) is 12.6. The van der Waals surface area contributed by atoms with Crippen LogP contribution in [0.5, 0.6) is 0 Å². The number of allylic oxidation sites excluding steroid dienone is 19. The third-order valence-corrected chi connectivity index (χ3v) is 13.6. The van der Waals surface area contributed by atoms with Gasteiger partial charge in [-0.05, 0) is 115 Å². The fourth-order valence-corrected chi connectivity index (χ4v) is 8.75. The normalized spacial score (nSPS) is 14.6. The van der Waals surface area contributed by atoms with E-state index in [0.717, 1.165) is 148 Å². The molecule has 0 spiro atoms. The van der Waals surface area contributed by atoms with Gasteiger partial charge in [-0.3, -0.25) is 18.6 Å². The van der Waals surface area contributed by atoms with Crippen LogP contribution in [0.1, 0.15) is 233 Å². The van der Waals surface area contributed by atoms with E-state index < -0.39 is 20.0 Å². The molecule has 0 radical (unpaired) electrons. The molecular formula is C66H114N2O7P+. The highest BCUT2D eigenvalue weighted by molar-refractivity contribution is 7.47. The summed E-state index contributed by atoms with van der Waals surface area (Å²) in [5.41, 5.74) is 0. The minimum Gasteiger partial charge on any atom is -0.456 e. The first-order chi connectivity index (χ1) is 36.9. The van der Waals surface area contributed by atoms with Gasteiger partial charge < -0.3 is 19.4 Å². The molecule has 9 nitrogen and oxygen atoms in total. The van der Waals surface area contributed by atoms with E-state index in [4.69, 9.17) is 13.8 Å². The fourth-order valence-electron chi connectivity index (χ4n) is 8.01. The molecule has 0 rings (SSSR count). The van der Waals surface area contributed by atoms with Crippen LogP contribution in [0.15, 0.2) is 122 Å². The first-order valence-corrected chi connectivity index (χ1v) is 31.9. The van der Waals surface area contributed by atoms with Gasteiger partial charge in [-0.15, -0.1) is 0 Å². The molecule has 0 aromatic carbocycles. The number of hydrogen-bond donors (Lipinski definition) is 2. The molecular weight excluding hydrogens is 964 g/mol. The molecule has 434 valence electrons. The zero-order valence-corrected chi connectivity index (χ0v) is 50.3. The van der Waals surface area contributed by atoms with Gasteiger partial charge in [0.1, 0.15) is 19.3 Å². The van der Waals surface area contributed by atoms with Crippen LogP contribution in [0.25, 0.3) is 0 Å². The second-order valence-corrected chi connectivity index (χ2v) is 22.6. The number of amides is 1. The van der Waals surface area contributed by atoms with Gasteiger partial charge in [0.25, 0.3) is 0 Å². The van der Waals surface area contributed by atoms with Crippen LogP contribution in [-0.2, 0) is 27.9 Å². The number of ether oxygens (including phenoxy) is 1. The first kappa shape index (κ1) is 72.4. The van der Waals surface area contributed by atoms with Crippen molar-refractivity contribution in [1.82, 2.24) is 5.32 Å². The second kappa shape index (κ2) is 54.8. The number of nitrogens with one attached hydrogen (secondary N) is 1. The van der Waals surface area contributed by atoms with E-state index in [0.29, 0.717) is 23.9 Å². The van der Waals surface area contributed by atoms with Gasteiger partial charge in [-0.25, -0.2) is 4.57 Å². The first-order valence-electron chi connectivity index (χ1n) is 30.4. The van der Waals surface area contributed by atoms with Gasteiger partial charge in [0.15, 0.2) is 0 Å². The number of unbranched alkanes of at least 4 members (excludes halogenated alkanes) is 19. The van der Waals surface area contributed by atoms with E-state index in [1.54, 1.807) is 0 Å². The predicted octanol–water partition coefficient (Wildman–Crippen LogP) is 18.7. The lowest BCUT2D eigenvalue weighted by Crippen LogP contribution is -2.47. The standard InChI is InChI=1S/C66H113N2O7P/c1-7-10-13-16-19-22-25-27-29-30-31-32-33-34-35-36-37-38-39-40-43-46-49-52-55-58-65(69)67-63(62-74-76(71,72)73-61-60-68(4,5)6)64(57-54-51-48-45-42-24-21-18-15-12-9-3)75-66(70)59-56-53-50-47-44-41-28-26-23-20-17-14-11-8-2/h10-11,13-14,19-20,22-23,27-29,31-32,34-35,37-38,41,54,57,63-64H,7-9,12,15-18,21,24-26,30,33,36,39-40,42-53,55-56,58-62H2,1-6H3,(H-,67,69,71,72)/p+1/b13-10-,14-11+,22-19-,23-20+,29-27-,32-31-,35-34-,38-37-,41-28+,57-54-. The van der Waals surface area contributed by atoms with E-state index in [9.17, 15) is 19.0 Å². The zero-order chi connectivity index (χ0) is 55.7. The quantitative estimate of drug-likeness (QED) is 0.0205. The number of rotatable bonds is 53. The van der Waals surface area contributed by atoms with Gasteiger partial charge in [0.05, 0.1) is 33.8 Å². The number of phosphoric acid groups is 1. The Morgan fingerprint density at radius 2 is 0.842 bits per heavy atom. The lowest BCUT2D eigenvalue weighted by atomic mass is 10.1. The molecule has 0 bridgehead atoms. The number of esters is 1. The summed E-state index contributed by atoms with van der Waals surface area (Å²) in [5.74, 6) is -0.558. The van der Waals surface area contributed by atoms with E-state index in [2.05, 4.69) is 135 Å². The van der Waals surface area contributed by atoms with Gasteiger partial charge in [-0.2, -0.15) is 0 Å². The van der Waals surface area contributed by atoms with Crippen LogP contribution in [0.4, 0.5) is 0 Å². The molecule has 0 aliphatic rings. The third kappa shape index (κ3) is 55.2. The molecule has 3 unspecified atom stereocenters. The SMILES string of the molecule is CC/C=C\C/C=C\C/C=C\C/C=C\C/C=C\C/C=C\CCCCCCCCC(=O)NC(COP(=O)(O)OCC[N+](C)(C)C)C(/C=C\CCCCCCCCCCC)OC(=O)CCCCCC/C=C/C/C=C/C/C=C/CC. The number of carbonyl (C=O) groups is 2. The van der Waals surface area contributed by atoms with E-state index >= 15 is 0 Å².